The van der Waals surface area contributed by atoms with Crippen LogP contribution in [0.2, 0.25) is 0 Å². The predicted molar refractivity (Wildman–Crippen MR) is 125 cm³/mol. The van der Waals surface area contributed by atoms with Crippen molar-refractivity contribution in [2.24, 2.45) is 20.8 Å². The smallest absolute Gasteiger partial charge is 0.168 e. The van der Waals surface area contributed by atoms with Gasteiger partial charge in [0.2, 0.25) is 0 Å². The van der Waals surface area contributed by atoms with E-state index < -0.39 is 28.4 Å². The highest BCUT2D eigenvalue weighted by atomic mass is 19.1. The Kier molecular flexibility index (Phi) is 6.78. The minimum absolute atomic E-state index is 0.0839. The van der Waals surface area contributed by atoms with Gasteiger partial charge < -0.3 is 0 Å². The van der Waals surface area contributed by atoms with Crippen LogP contribution in [-0.4, -0.2) is 23.1 Å². The van der Waals surface area contributed by atoms with E-state index in [-0.39, 0.29) is 24.4 Å². The van der Waals surface area contributed by atoms with Crippen molar-refractivity contribution in [1.29, 1.82) is 16.6 Å². The van der Waals surface area contributed by atoms with Gasteiger partial charge >= 0.3 is 0 Å². The summed E-state index contributed by atoms with van der Waals surface area (Å²) in [5.74, 6) is -0.630. The molecule has 0 aliphatic heterocycles. The second-order valence-corrected chi connectivity index (χ2v) is 9.75. The van der Waals surface area contributed by atoms with E-state index in [1.165, 1.54) is 24.3 Å². The molecule has 0 radical (unpaired) electrons. The van der Waals surface area contributed by atoms with Crippen molar-refractivity contribution in [2.75, 3.05) is 0 Å². The Morgan fingerprint density at radius 3 is 2.17 bits per heavy atom. The lowest BCUT2D eigenvalue weighted by Gasteiger charge is -2.48. The van der Waals surface area contributed by atoms with Crippen LogP contribution in [0.1, 0.15) is 67.3 Å². The van der Waals surface area contributed by atoms with Crippen molar-refractivity contribution in [3.63, 3.8) is 0 Å². The highest BCUT2D eigenvalue weighted by Crippen LogP contribution is 2.62. The maximum Gasteiger partial charge on any atom is 0.168 e. The Hall–Kier alpha value is -3.49. The van der Waals surface area contributed by atoms with Crippen LogP contribution in [0.15, 0.2) is 69.9 Å². The van der Waals surface area contributed by atoms with Crippen molar-refractivity contribution in [3.05, 3.63) is 71.5 Å². The summed E-state index contributed by atoms with van der Waals surface area (Å²) in [5.41, 5.74) is 22.1. The molecule has 0 amide bonds. The van der Waals surface area contributed by atoms with Gasteiger partial charge in [-0.1, -0.05) is 30.3 Å². The molecule has 2 aromatic carbocycles. The third-order valence-corrected chi connectivity index (χ3v) is 8.14. The monoisotopic (exact) mass is 476 g/mol. The Morgan fingerprint density at radius 1 is 0.943 bits per heavy atom. The van der Waals surface area contributed by atoms with Crippen LogP contribution in [0.25, 0.3) is 0 Å². The largest absolute Gasteiger partial charge is 0.296 e. The van der Waals surface area contributed by atoms with Gasteiger partial charge in [-0.3, -0.25) is 9.59 Å². The molecule has 2 saturated carbocycles. The molecule has 1 spiro atoms. The molecular weight excluding hydrogens is 447 g/mol. The van der Waals surface area contributed by atoms with Gasteiger partial charge in [0, 0.05) is 18.4 Å². The number of benzene rings is 2. The normalized spacial score (nSPS) is 30.2. The first kappa shape index (κ1) is 24.6. The zero-order chi connectivity index (χ0) is 25.1. The third-order valence-electron chi connectivity index (χ3n) is 8.14. The number of hydrogen-bond acceptors (Lipinski definition) is 8. The molecule has 3 N–H and O–H groups in total. The zero-order valence-electron chi connectivity index (χ0n) is 19.5. The van der Waals surface area contributed by atoms with Crippen molar-refractivity contribution >= 4 is 11.6 Å². The lowest BCUT2D eigenvalue weighted by Crippen LogP contribution is -2.50. The van der Waals surface area contributed by atoms with Crippen molar-refractivity contribution in [2.45, 2.75) is 68.5 Å². The molecule has 2 aliphatic rings. The highest BCUT2D eigenvalue weighted by molar-refractivity contribution is 5.96. The van der Waals surface area contributed by atoms with E-state index in [0.717, 1.165) is 5.56 Å². The first-order valence-electron chi connectivity index (χ1n) is 11.9. The molecule has 182 valence electrons. The molecule has 0 heterocycles. The number of hydrogen-bond donors (Lipinski definition) is 3. The summed E-state index contributed by atoms with van der Waals surface area (Å²) in [6.45, 7) is 0. The predicted octanol–water partition coefficient (Wildman–Crippen LogP) is 6.81. The fraction of sp³-hybridized carbons (Fsp3) is 0.462. The van der Waals surface area contributed by atoms with E-state index >= 15 is 0 Å². The van der Waals surface area contributed by atoms with Gasteiger partial charge in [0.15, 0.2) is 11.6 Å². The maximum atomic E-state index is 13.5. The van der Waals surface area contributed by atoms with Gasteiger partial charge in [-0.2, -0.15) is 15.3 Å². The zero-order valence-corrected chi connectivity index (χ0v) is 19.5. The summed E-state index contributed by atoms with van der Waals surface area (Å²) in [5, 5.41) is 11.6. The molecule has 0 saturated heterocycles. The molecular formula is C26H29FN6O2. The van der Waals surface area contributed by atoms with Crippen molar-refractivity contribution < 1.29 is 14.0 Å². The standard InChI is InChI=1S/C26H29FN6O2/c27-20-10-8-18(9-11-20)22(34)7-4-12-24(32-29)13-15-25(16-14-24)23(35)21(31-28)17-26(25,33-30)19-5-2-1-3-6-19/h1-3,5-6,8-11,21,28-30H,4,7,12-17H2. The summed E-state index contributed by atoms with van der Waals surface area (Å²) in [6.07, 6.45) is 3.21. The van der Waals surface area contributed by atoms with Crippen LogP contribution in [0.5, 0.6) is 0 Å². The number of carbonyl (C=O) groups is 2. The molecule has 2 aromatic rings. The van der Waals surface area contributed by atoms with Crippen LogP contribution >= 0.6 is 0 Å². The van der Waals surface area contributed by atoms with E-state index in [4.69, 9.17) is 16.6 Å². The Balaban J connectivity index is 1.51. The molecule has 0 aromatic heterocycles. The number of Topliss-reactive ketones (excluding diaryl/α,β-unsaturated/α-hetero) is 2. The van der Waals surface area contributed by atoms with Crippen LogP contribution in [0.4, 0.5) is 4.39 Å². The Morgan fingerprint density at radius 2 is 1.60 bits per heavy atom. The fourth-order valence-corrected chi connectivity index (χ4v) is 6.10. The first-order valence-corrected chi connectivity index (χ1v) is 11.9. The second-order valence-electron chi connectivity index (χ2n) is 9.75. The minimum Gasteiger partial charge on any atom is -0.296 e. The van der Waals surface area contributed by atoms with E-state index in [1.807, 2.05) is 30.3 Å². The Bertz CT molecular complexity index is 1130. The number of halogens is 1. The number of nitrogens with one attached hydrogen (secondary N) is 3. The molecule has 2 unspecified atom stereocenters. The molecule has 4 rings (SSSR count). The number of ketones is 2. The quantitative estimate of drug-likeness (QED) is 0.270. The topological polar surface area (TPSA) is 143 Å². The molecule has 2 aliphatic carbocycles. The van der Waals surface area contributed by atoms with Crippen molar-refractivity contribution in [1.82, 2.24) is 0 Å². The number of nitrogens with zero attached hydrogens (tertiary/aromatic N) is 3. The van der Waals surface area contributed by atoms with Gasteiger partial charge in [-0.15, -0.1) is 0 Å². The average molecular weight is 477 g/mol. The lowest BCUT2D eigenvalue weighted by molar-refractivity contribution is -0.132. The summed E-state index contributed by atoms with van der Waals surface area (Å²) in [7, 11) is 0. The van der Waals surface area contributed by atoms with E-state index in [0.29, 0.717) is 44.1 Å². The average Bonchev–Trinajstić information content (AvgIpc) is 3.14. The maximum absolute atomic E-state index is 13.5. The fourth-order valence-electron chi connectivity index (χ4n) is 6.10. The molecule has 35 heavy (non-hydrogen) atoms. The molecule has 2 atom stereocenters. The van der Waals surface area contributed by atoms with Crippen LogP contribution in [-0.2, 0) is 10.3 Å². The second kappa shape index (κ2) is 9.64. The van der Waals surface area contributed by atoms with Gasteiger partial charge in [0.05, 0.1) is 11.0 Å². The van der Waals surface area contributed by atoms with Gasteiger partial charge in [0.1, 0.15) is 17.4 Å². The van der Waals surface area contributed by atoms with Crippen LogP contribution in [0.3, 0.4) is 0 Å². The van der Waals surface area contributed by atoms with Gasteiger partial charge in [0.25, 0.3) is 0 Å². The molecule has 0 bridgehead atoms. The third kappa shape index (κ3) is 4.13. The number of carbonyl (C=O) groups excluding carboxylic acids is 2. The van der Waals surface area contributed by atoms with Crippen molar-refractivity contribution in [3.8, 4) is 0 Å². The van der Waals surface area contributed by atoms with E-state index in [2.05, 4.69) is 15.3 Å². The number of rotatable bonds is 9. The highest BCUT2D eigenvalue weighted by Gasteiger charge is 2.67. The van der Waals surface area contributed by atoms with E-state index in [9.17, 15) is 14.0 Å². The van der Waals surface area contributed by atoms with Crippen LogP contribution < -0.4 is 0 Å². The Labute approximate surface area is 203 Å². The SMILES string of the molecule is N=NC1CC(N=N)(c2ccccc2)C2(CCC(CCCC(=O)c3ccc(F)cc3)(N=N)CC2)C1=O. The van der Waals surface area contributed by atoms with Gasteiger partial charge in [-0.05, 0) is 68.4 Å². The van der Waals surface area contributed by atoms with Gasteiger partial charge in [-0.25, -0.2) is 21.0 Å². The summed E-state index contributed by atoms with van der Waals surface area (Å²) in [4.78, 5) is 26.0. The molecule has 2 fully saturated rings. The summed E-state index contributed by atoms with van der Waals surface area (Å²) >= 11 is 0. The molecule has 8 nitrogen and oxygen atoms in total. The summed E-state index contributed by atoms with van der Waals surface area (Å²) in [6, 6.07) is 14.0. The lowest BCUT2D eigenvalue weighted by atomic mass is 9.57. The minimum atomic E-state index is -1.09. The first-order chi connectivity index (χ1) is 16.9. The summed E-state index contributed by atoms with van der Waals surface area (Å²) < 4.78 is 13.1. The van der Waals surface area contributed by atoms with Crippen LogP contribution in [0, 0.1) is 27.8 Å². The molecule has 9 heteroatoms. The van der Waals surface area contributed by atoms with E-state index in [1.54, 1.807) is 0 Å².